The van der Waals surface area contributed by atoms with Crippen LogP contribution in [0.15, 0.2) is 47.1 Å². The molecule has 1 aliphatic carbocycles. The molecule has 3 rings (SSSR count). The van der Waals surface area contributed by atoms with E-state index in [9.17, 15) is 13.2 Å². The predicted octanol–water partition coefficient (Wildman–Crippen LogP) is 6.22. The molecule has 0 spiro atoms. The fourth-order valence-electron chi connectivity index (χ4n) is 4.82. The number of thioether (sulfide) groups is 1. The number of amides is 1. The number of benzene rings is 1. The van der Waals surface area contributed by atoms with Crippen molar-refractivity contribution in [2.75, 3.05) is 36.8 Å². The van der Waals surface area contributed by atoms with Gasteiger partial charge in [0, 0.05) is 31.6 Å². The van der Waals surface area contributed by atoms with E-state index < -0.39 is 21.7 Å². The second-order valence-corrected chi connectivity index (χ2v) is 14.7. The lowest BCUT2D eigenvalue weighted by Gasteiger charge is -2.19. The minimum absolute atomic E-state index is 0.0765. The molecule has 2 atom stereocenters. The van der Waals surface area contributed by atoms with Crippen molar-refractivity contribution in [3.05, 3.63) is 47.1 Å². The van der Waals surface area contributed by atoms with E-state index in [1.165, 1.54) is 5.41 Å². The Morgan fingerprint density at radius 1 is 1.05 bits per heavy atom. The molecule has 1 aromatic carbocycles. The molecule has 1 saturated carbocycles. The number of rotatable bonds is 15. The average molecular weight is 619 g/mol. The lowest BCUT2D eigenvalue weighted by Crippen LogP contribution is -2.33. The Bertz CT molecular complexity index is 1310. The van der Waals surface area contributed by atoms with Crippen molar-refractivity contribution in [2.45, 2.75) is 71.3 Å². The Kier molecular flexibility index (Phi) is 12.9. The highest BCUT2D eigenvalue weighted by molar-refractivity contribution is 8.19. The van der Waals surface area contributed by atoms with Crippen LogP contribution in [0.3, 0.4) is 0 Å². The number of carbonyl (C=O) groups excluding carboxylic acids is 1. The highest BCUT2D eigenvalue weighted by Crippen LogP contribution is 2.29. The summed E-state index contributed by atoms with van der Waals surface area (Å²) < 4.78 is 32.8. The molecular weight excluding hydrogens is 573 g/mol. The van der Waals surface area contributed by atoms with Gasteiger partial charge in [-0.05, 0) is 88.7 Å². The van der Waals surface area contributed by atoms with Crippen molar-refractivity contribution in [1.82, 2.24) is 20.0 Å². The van der Waals surface area contributed by atoms with Crippen LogP contribution in [0.4, 0.5) is 16.6 Å². The Morgan fingerprint density at radius 2 is 1.74 bits per heavy atom. The van der Waals surface area contributed by atoms with Gasteiger partial charge in [-0.25, -0.2) is 22.9 Å². The number of alkyl carbamates (subject to hydrolysis) is 1. The molecule has 232 valence electrons. The van der Waals surface area contributed by atoms with Gasteiger partial charge in [-0.15, -0.1) is 0 Å². The number of unbranched alkanes of at least 4 members (excludes halogenated alkanes) is 1. The smallest absolute Gasteiger partial charge is 0.407 e. The number of sulfonamides is 1. The number of hydrogen-bond acceptors (Lipinski definition) is 9. The molecule has 10 nitrogen and oxygen atoms in total. The Balaban J connectivity index is 1.48. The zero-order valence-corrected chi connectivity index (χ0v) is 26.7. The van der Waals surface area contributed by atoms with E-state index in [-0.39, 0.29) is 4.24 Å². The number of carbonyl (C=O) groups is 1. The summed E-state index contributed by atoms with van der Waals surface area (Å²) in [5.74, 6) is 2.14. The first kappa shape index (κ1) is 33.7. The summed E-state index contributed by atoms with van der Waals surface area (Å²) in [6.45, 7) is 15.2. The number of aromatic nitrogens is 2. The molecule has 4 N–H and O–H groups in total. The lowest BCUT2D eigenvalue weighted by molar-refractivity contribution is 0.0527. The zero-order chi connectivity index (χ0) is 30.6. The van der Waals surface area contributed by atoms with Crippen molar-refractivity contribution in [2.24, 2.45) is 11.8 Å². The van der Waals surface area contributed by atoms with Gasteiger partial charge in [0.25, 0.3) is 0 Å². The average Bonchev–Trinajstić information content (AvgIpc) is 3.17. The molecule has 1 fully saturated rings. The van der Waals surface area contributed by atoms with Crippen LogP contribution in [0, 0.1) is 11.8 Å². The maximum atomic E-state index is 12.3. The Labute approximate surface area is 255 Å². The molecule has 0 bridgehead atoms. The van der Waals surface area contributed by atoms with E-state index in [0.29, 0.717) is 37.4 Å². The third kappa shape index (κ3) is 11.4. The van der Waals surface area contributed by atoms with Crippen LogP contribution in [0.1, 0.15) is 65.7 Å². The molecule has 1 amide bonds. The molecule has 0 saturated heterocycles. The van der Waals surface area contributed by atoms with E-state index in [4.69, 9.17) is 14.7 Å². The zero-order valence-electron chi connectivity index (χ0n) is 25.1. The first-order chi connectivity index (χ1) is 20.0. The maximum absolute atomic E-state index is 12.3. The summed E-state index contributed by atoms with van der Waals surface area (Å²) in [5.41, 5.74) is 0.363. The fraction of sp³-hybridized carbons (Fsp3) is 0.567. The monoisotopic (exact) mass is 618 g/mol. The quantitative estimate of drug-likeness (QED) is 0.135. The molecule has 1 unspecified atom stereocenters. The van der Waals surface area contributed by atoms with E-state index >= 15 is 0 Å². The van der Waals surface area contributed by atoms with Gasteiger partial charge >= 0.3 is 6.09 Å². The number of anilines is 2. The number of nitrogens with zero attached hydrogens (tertiary/aromatic N) is 2. The van der Waals surface area contributed by atoms with E-state index in [1.807, 2.05) is 45.0 Å². The highest BCUT2D eigenvalue weighted by Gasteiger charge is 2.22. The van der Waals surface area contributed by atoms with E-state index in [0.717, 1.165) is 80.0 Å². The van der Waals surface area contributed by atoms with Gasteiger partial charge in [0.15, 0.2) is 0 Å². The van der Waals surface area contributed by atoms with Crippen LogP contribution in [-0.2, 0) is 14.8 Å². The van der Waals surface area contributed by atoms with Crippen molar-refractivity contribution in [1.29, 1.82) is 0 Å². The minimum atomic E-state index is -3.55. The first-order valence-corrected chi connectivity index (χ1v) is 17.0. The second kappa shape index (κ2) is 16.1. The van der Waals surface area contributed by atoms with Gasteiger partial charge < -0.3 is 20.7 Å². The summed E-state index contributed by atoms with van der Waals surface area (Å²) in [5, 5.41) is 12.1. The summed E-state index contributed by atoms with van der Waals surface area (Å²) in [6.07, 6.45) is 6.37. The first-order valence-electron chi connectivity index (χ1n) is 14.6. The van der Waals surface area contributed by atoms with Crippen LogP contribution in [0.2, 0.25) is 0 Å². The second-order valence-electron chi connectivity index (χ2n) is 11.6. The molecule has 0 aliphatic heterocycles. The minimum Gasteiger partial charge on any atom is -0.444 e. The summed E-state index contributed by atoms with van der Waals surface area (Å²) in [4.78, 5) is 21.3. The Hall–Kier alpha value is -2.83. The van der Waals surface area contributed by atoms with Gasteiger partial charge in [0.05, 0.1) is 5.52 Å². The molecule has 2 aromatic rings. The van der Waals surface area contributed by atoms with Crippen LogP contribution >= 0.6 is 11.8 Å². The Morgan fingerprint density at radius 3 is 2.45 bits per heavy atom. The van der Waals surface area contributed by atoms with Crippen molar-refractivity contribution >= 4 is 50.5 Å². The normalized spacial score (nSPS) is 17.7. The standard InChI is InChI=1S/C30H46N6O4S2/c1-6-41-22(2)42(38,39)34-21-24-13-11-12-23(16-17-24)20-33-28-35-26-15-8-7-14-25(26)27(36-28)31-18-9-10-19-32-29(37)40-30(3,4)5/h6-8,14-15,23-24,34H,1-2,9-13,16-21H2,3-5H3,(H,32,37)(H2,31,33,35,36)/t23?,24-/m1/s1. The molecular formula is C30H46N6O4S2. The number of ether oxygens (including phenoxy) is 1. The third-order valence-corrected chi connectivity index (χ3v) is 9.52. The SMILES string of the molecule is C=CSC(=C)S(=O)(=O)NC[C@@H]1CCCC(CNc2nc(NCCCCNC(=O)OC(C)(C)C)c3ccccc3n2)CC1. The largest absolute Gasteiger partial charge is 0.444 e. The molecule has 1 aliphatic rings. The van der Waals surface area contributed by atoms with Crippen LogP contribution in [0.25, 0.3) is 10.9 Å². The number of nitrogens with one attached hydrogen (secondary N) is 4. The molecule has 1 aromatic heterocycles. The lowest BCUT2D eigenvalue weighted by atomic mass is 9.98. The van der Waals surface area contributed by atoms with Gasteiger partial charge in [-0.3, -0.25) is 0 Å². The van der Waals surface area contributed by atoms with Crippen molar-refractivity contribution < 1.29 is 17.9 Å². The molecule has 42 heavy (non-hydrogen) atoms. The van der Waals surface area contributed by atoms with Gasteiger partial charge in [-0.2, -0.15) is 4.98 Å². The van der Waals surface area contributed by atoms with Gasteiger partial charge in [0.1, 0.15) is 15.7 Å². The van der Waals surface area contributed by atoms with Crippen molar-refractivity contribution in [3.63, 3.8) is 0 Å². The molecule has 12 heteroatoms. The summed E-state index contributed by atoms with van der Waals surface area (Å²) >= 11 is 1.02. The van der Waals surface area contributed by atoms with Crippen LogP contribution in [0.5, 0.6) is 0 Å². The van der Waals surface area contributed by atoms with E-state index in [1.54, 1.807) is 0 Å². The third-order valence-electron chi connectivity index (χ3n) is 7.00. The number of para-hydroxylation sites is 1. The highest BCUT2D eigenvalue weighted by atomic mass is 32.3. The van der Waals surface area contributed by atoms with Gasteiger partial charge in [-0.1, -0.05) is 43.5 Å². The fourth-order valence-corrected chi connectivity index (χ4v) is 6.50. The maximum Gasteiger partial charge on any atom is 0.407 e. The van der Waals surface area contributed by atoms with Crippen molar-refractivity contribution in [3.8, 4) is 0 Å². The summed E-state index contributed by atoms with van der Waals surface area (Å²) in [6, 6.07) is 7.94. The van der Waals surface area contributed by atoms with Crippen LogP contribution in [-0.4, -0.2) is 56.3 Å². The predicted molar refractivity (Wildman–Crippen MR) is 174 cm³/mol. The summed E-state index contributed by atoms with van der Waals surface area (Å²) in [7, 11) is -3.55. The number of hydrogen-bond donors (Lipinski definition) is 4. The molecule has 1 heterocycles. The topological polar surface area (TPSA) is 134 Å². The van der Waals surface area contributed by atoms with Gasteiger partial charge in [0.2, 0.25) is 16.0 Å². The van der Waals surface area contributed by atoms with Crippen LogP contribution < -0.4 is 20.7 Å². The number of fused-ring (bicyclic) bond motifs is 1. The van der Waals surface area contributed by atoms with E-state index in [2.05, 4.69) is 33.8 Å². The molecule has 0 radical (unpaired) electrons.